The number of anilines is 2. The van der Waals surface area contributed by atoms with Crippen molar-refractivity contribution in [3.8, 4) is 0 Å². The van der Waals surface area contributed by atoms with E-state index in [0.717, 1.165) is 18.5 Å². The Morgan fingerprint density at radius 3 is 2.46 bits per heavy atom. The molecule has 0 unspecified atom stereocenters. The molecule has 0 bridgehead atoms. The summed E-state index contributed by atoms with van der Waals surface area (Å²) in [6, 6.07) is 10.6. The predicted molar refractivity (Wildman–Crippen MR) is 99.6 cm³/mol. The van der Waals surface area contributed by atoms with Crippen LogP contribution in [0.4, 0.5) is 11.5 Å². The fraction of sp³-hybridized carbons (Fsp3) is 0.350. The molecule has 1 aliphatic rings. The molecule has 1 aliphatic carbocycles. The zero-order chi connectivity index (χ0) is 18.4. The first-order valence-electron chi connectivity index (χ1n) is 8.88. The van der Waals surface area contributed by atoms with Gasteiger partial charge in [-0.1, -0.05) is 19.3 Å². The molecule has 2 aromatic rings. The van der Waals surface area contributed by atoms with Crippen LogP contribution in [-0.4, -0.2) is 30.0 Å². The fourth-order valence-corrected chi connectivity index (χ4v) is 3.11. The van der Waals surface area contributed by atoms with Crippen molar-refractivity contribution in [1.82, 2.24) is 10.3 Å². The summed E-state index contributed by atoms with van der Waals surface area (Å²) in [7, 11) is 1.35. The van der Waals surface area contributed by atoms with Gasteiger partial charge in [-0.05, 0) is 49.2 Å². The van der Waals surface area contributed by atoms with Gasteiger partial charge in [0.25, 0.3) is 5.91 Å². The van der Waals surface area contributed by atoms with E-state index >= 15 is 0 Å². The number of nitrogens with zero attached hydrogens (tertiary/aromatic N) is 1. The molecule has 2 N–H and O–H groups in total. The van der Waals surface area contributed by atoms with Crippen LogP contribution < -0.4 is 10.6 Å². The van der Waals surface area contributed by atoms with E-state index in [1.807, 2.05) is 0 Å². The number of amides is 1. The van der Waals surface area contributed by atoms with E-state index in [1.54, 1.807) is 42.6 Å². The van der Waals surface area contributed by atoms with E-state index in [0.29, 0.717) is 16.9 Å². The number of rotatable bonds is 5. The summed E-state index contributed by atoms with van der Waals surface area (Å²) in [5.41, 5.74) is 1.83. The summed E-state index contributed by atoms with van der Waals surface area (Å²) in [6.45, 7) is 0. The van der Waals surface area contributed by atoms with Crippen molar-refractivity contribution in [1.29, 1.82) is 0 Å². The molecule has 3 rings (SSSR count). The van der Waals surface area contributed by atoms with Gasteiger partial charge in [0.15, 0.2) is 0 Å². The van der Waals surface area contributed by atoms with Crippen molar-refractivity contribution in [3.05, 3.63) is 53.7 Å². The second-order valence-electron chi connectivity index (χ2n) is 6.43. The number of nitrogens with one attached hydrogen (secondary N) is 2. The van der Waals surface area contributed by atoms with Gasteiger partial charge >= 0.3 is 5.97 Å². The second-order valence-corrected chi connectivity index (χ2v) is 6.43. The van der Waals surface area contributed by atoms with Crippen LogP contribution in [0.15, 0.2) is 42.6 Å². The minimum absolute atomic E-state index is 0.0663. The number of carbonyl (C=O) groups is 2. The number of benzene rings is 1. The van der Waals surface area contributed by atoms with Crippen molar-refractivity contribution in [2.45, 2.75) is 38.1 Å². The fourth-order valence-electron chi connectivity index (χ4n) is 3.11. The van der Waals surface area contributed by atoms with Crippen molar-refractivity contribution in [3.63, 3.8) is 0 Å². The molecule has 1 aromatic heterocycles. The van der Waals surface area contributed by atoms with Crippen molar-refractivity contribution in [2.24, 2.45) is 0 Å². The molecule has 1 amide bonds. The van der Waals surface area contributed by atoms with Gasteiger partial charge in [0.1, 0.15) is 5.82 Å². The summed E-state index contributed by atoms with van der Waals surface area (Å²) >= 11 is 0. The molecule has 0 radical (unpaired) electrons. The van der Waals surface area contributed by atoms with Crippen LogP contribution in [0.1, 0.15) is 52.8 Å². The van der Waals surface area contributed by atoms with Crippen LogP contribution in [-0.2, 0) is 4.74 Å². The van der Waals surface area contributed by atoms with Crippen LogP contribution in [0, 0.1) is 0 Å². The van der Waals surface area contributed by atoms with Crippen molar-refractivity contribution < 1.29 is 14.3 Å². The maximum atomic E-state index is 12.5. The molecule has 1 saturated carbocycles. The molecule has 0 aliphatic heterocycles. The van der Waals surface area contributed by atoms with Gasteiger partial charge in [-0.3, -0.25) is 4.79 Å². The Morgan fingerprint density at radius 1 is 1.04 bits per heavy atom. The molecule has 26 heavy (non-hydrogen) atoms. The molecular weight excluding hydrogens is 330 g/mol. The van der Waals surface area contributed by atoms with Crippen LogP contribution in [0.5, 0.6) is 0 Å². The molecule has 0 saturated heterocycles. The van der Waals surface area contributed by atoms with Gasteiger partial charge in [-0.25, -0.2) is 9.78 Å². The largest absolute Gasteiger partial charge is 0.465 e. The van der Waals surface area contributed by atoms with E-state index in [1.165, 1.54) is 26.4 Å². The highest BCUT2D eigenvalue weighted by Crippen LogP contribution is 2.19. The summed E-state index contributed by atoms with van der Waals surface area (Å²) in [6.07, 6.45) is 7.32. The number of esters is 1. The highest BCUT2D eigenvalue weighted by Gasteiger charge is 2.17. The molecule has 1 heterocycles. The van der Waals surface area contributed by atoms with Crippen LogP contribution in [0.3, 0.4) is 0 Å². The number of pyridine rings is 1. The van der Waals surface area contributed by atoms with E-state index in [-0.39, 0.29) is 17.9 Å². The Balaban J connectivity index is 1.65. The summed E-state index contributed by atoms with van der Waals surface area (Å²) in [5.74, 6) is 0.131. The number of hydrogen-bond donors (Lipinski definition) is 2. The summed E-state index contributed by atoms with van der Waals surface area (Å²) < 4.78 is 4.68. The lowest BCUT2D eigenvalue weighted by atomic mass is 9.95. The molecule has 0 spiro atoms. The Morgan fingerprint density at radius 2 is 1.77 bits per heavy atom. The molecular formula is C20H23N3O3. The zero-order valence-corrected chi connectivity index (χ0v) is 14.8. The molecule has 1 fully saturated rings. The van der Waals surface area contributed by atoms with Crippen molar-refractivity contribution >= 4 is 23.4 Å². The highest BCUT2D eigenvalue weighted by atomic mass is 16.5. The molecule has 136 valence electrons. The second kappa shape index (κ2) is 8.47. The highest BCUT2D eigenvalue weighted by molar-refractivity contribution is 5.95. The maximum absolute atomic E-state index is 12.5. The molecule has 0 atom stereocenters. The number of methoxy groups -OCH3 is 1. The Bertz CT molecular complexity index is 768. The first kappa shape index (κ1) is 17.9. The third-order valence-corrected chi connectivity index (χ3v) is 4.54. The third kappa shape index (κ3) is 4.59. The Kier molecular flexibility index (Phi) is 5.84. The van der Waals surface area contributed by atoms with Gasteiger partial charge in [0, 0.05) is 23.5 Å². The van der Waals surface area contributed by atoms with E-state index in [4.69, 9.17) is 0 Å². The average molecular weight is 353 g/mol. The topological polar surface area (TPSA) is 80.3 Å². The zero-order valence-electron chi connectivity index (χ0n) is 14.8. The van der Waals surface area contributed by atoms with Crippen LogP contribution in [0.25, 0.3) is 0 Å². The standard InChI is InChI=1S/C20H23N3O3/c1-26-20(25)14-7-9-17(10-8-14)22-18-13-15(11-12-21-18)19(24)23-16-5-3-2-4-6-16/h7-13,16H,2-6H2,1H3,(H,21,22)(H,23,24). The summed E-state index contributed by atoms with van der Waals surface area (Å²) in [4.78, 5) is 28.2. The van der Waals surface area contributed by atoms with Crippen LogP contribution in [0.2, 0.25) is 0 Å². The number of ether oxygens (including phenoxy) is 1. The minimum atomic E-state index is -0.379. The minimum Gasteiger partial charge on any atom is -0.465 e. The number of hydrogen-bond acceptors (Lipinski definition) is 5. The van der Waals surface area contributed by atoms with E-state index in [9.17, 15) is 9.59 Å². The number of carbonyl (C=O) groups excluding carboxylic acids is 2. The lowest BCUT2D eigenvalue weighted by molar-refractivity contribution is 0.0600. The van der Waals surface area contributed by atoms with Crippen LogP contribution >= 0.6 is 0 Å². The smallest absolute Gasteiger partial charge is 0.337 e. The normalized spacial score (nSPS) is 14.5. The van der Waals surface area contributed by atoms with Crippen molar-refractivity contribution in [2.75, 3.05) is 12.4 Å². The summed E-state index contributed by atoms with van der Waals surface area (Å²) in [5, 5.41) is 6.25. The molecule has 1 aromatic carbocycles. The van der Waals surface area contributed by atoms with Gasteiger partial charge in [-0.15, -0.1) is 0 Å². The first-order valence-corrected chi connectivity index (χ1v) is 8.88. The molecule has 6 nitrogen and oxygen atoms in total. The maximum Gasteiger partial charge on any atom is 0.337 e. The van der Waals surface area contributed by atoms with E-state index < -0.39 is 0 Å². The monoisotopic (exact) mass is 353 g/mol. The van der Waals surface area contributed by atoms with Gasteiger partial charge in [0.05, 0.1) is 12.7 Å². The lowest BCUT2D eigenvalue weighted by Crippen LogP contribution is -2.36. The number of aromatic nitrogens is 1. The first-order chi connectivity index (χ1) is 12.7. The quantitative estimate of drug-likeness (QED) is 0.802. The molecule has 6 heteroatoms. The average Bonchev–Trinajstić information content (AvgIpc) is 2.69. The van der Waals surface area contributed by atoms with Gasteiger partial charge in [-0.2, -0.15) is 0 Å². The third-order valence-electron chi connectivity index (χ3n) is 4.54. The predicted octanol–water partition coefficient (Wildman–Crippen LogP) is 3.67. The van der Waals surface area contributed by atoms with Gasteiger partial charge < -0.3 is 15.4 Å². The SMILES string of the molecule is COC(=O)c1ccc(Nc2cc(C(=O)NC3CCCCC3)ccn2)cc1. The van der Waals surface area contributed by atoms with Gasteiger partial charge in [0.2, 0.25) is 0 Å². The Labute approximate surface area is 153 Å². The Hall–Kier alpha value is -2.89. The van der Waals surface area contributed by atoms with E-state index in [2.05, 4.69) is 20.4 Å². The lowest BCUT2D eigenvalue weighted by Gasteiger charge is -2.22.